The first kappa shape index (κ1) is 16.3. The number of sulfonamides is 1. The maximum Gasteiger partial charge on any atom is 0.243 e. The van der Waals surface area contributed by atoms with Crippen LogP contribution in [-0.4, -0.2) is 37.6 Å². The predicted octanol–water partition coefficient (Wildman–Crippen LogP) is 3.46. The third-order valence-electron chi connectivity index (χ3n) is 2.20. The molecule has 0 bridgehead atoms. The molecule has 0 saturated heterocycles. The molecule has 0 fully saturated rings. The van der Waals surface area contributed by atoms with Crippen molar-refractivity contribution in [1.82, 2.24) is 4.31 Å². The van der Waals surface area contributed by atoms with Crippen LogP contribution >= 0.6 is 46.4 Å². The molecule has 0 spiro atoms. The number of halogens is 4. The molecule has 102 valence electrons. The van der Waals surface area contributed by atoms with E-state index in [0.29, 0.717) is 5.02 Å². The molecule has 0 aliphatic rings. The number of alkyl halides is 2. The summed E-state index contributed by atoms with van der Waals surface area (Å²) in [4.78, 5) is 0.0760. The van der Waals surface area contributed by atoms with Crippen molar-refractivity contribution in [2.75, 3.05) is 24.8 Å². The zero-order chi connectivity index (χ0) is 13.8. The van der Waals surface area contributed by atoms with Crippen LogP contribution < -0.4 is 0 Å². The van der Waals surface area contributed by atoms with Crippen molar-refractivity contribution in [3.8, 4) is 0 Å². The van der Waals surface area contributed by atoms with E-state index < -0.39 is 10.0 Å². The van der Waals surface area contributed by atoms with Crippen LogP contribution in [0.1, 0.15) is 0 Å². The first-order valence-corrected chi connectivity index (χ1v) is 8.27. The van der Waals surface area contributed by atoms with E-state index in [1.807, 2.05) is 0 Å². The highest BCUT2D eigenvalue weighted by molar-refractivity contribution is 7.89. The molecule has 3 nitrogen and oxygen atoms in total. The third-order valence-corrected chi connectivity index (χ3v) is 5.17. The molecule has 0 saturated carbocycles. The maximum absolute atomic E-state index is 12.3. The number of rotatable bonds is 6. The van der Waals surface area contributed by atoms with Crippen molar-refractivity contribution in [3.05, 3.63) is 28.2 Å². The number of hydrogen-bond acceptors (Lipinski definition) is 2. The minimum absolute atomic E-state index is 0.0760. The number of benzene rings is 1. The van der Waals surface area contributed by atoms with E-state index in [-0.39, 0.29) is 34.8 Å². The summed E-state index contributed by atoms with van der Waals surface area (Å²) in [6.07, 6.45) is 0. The molecule has 0 atom stereocenters. The van der Waals surface area contributed by atoms with E-state index in [4.69, 9.17) is 46.4 Å². The van der Waals surface area contributed by atoms with Gasteiger partial charge in [0.1, 0.15) is 0 Å². The summed E-state index contributed by atoms with van der Waals surface area (Å²) in [7, 11) is -3.64. The molecule has 0 aliphatic carbocycles. The lowest BCUT2D eigenvalue weighted by Crippen LogP contribution is -2.34. The van der Waals surface area contributed by atoms with Gasteiger partial charge in [0, 0.05) is 24.8 Å². The minimum Gasteiger partial charge on any atom is -0.207 e. The van der Waals surface area contributed by atoms with Crippen molar-refractivity contribution >= 4 is 56.4 Å². The lowest BCUT2D eigenvalue weighted by Gasteiger charge is -2.20. The van der Waals surface area contributed by atoms with Crippen molar-refractivity contribution in [2.24, 2.45) is 0 Å². The molecular weight excluding hydrogens is 340 g/mol. The smallest absolute Gasteiger partial charge is 0.207 e. The largest absolute Gasteiger partial charge is 0.243 e. The zero-order valence-electron chi connectivity index (χ0n) is 9.24. The summed E-state index contributed by atoms with van der Waals surface area (Å²) >= 11 is 22.7. The van der Waals surface area contributed by atoms with Gasteiger partial charge in [-0.2, -0.15) is 4.31 Å². The Morgan fingerprint density at radius 2 is 1.56 bits per heavy atom. The molecule has 1 aromatic rings. The van der Waals surface area contributed by atoms with Crippen LogP contribution in [0.3, 0.4) is 0 Å². The molecule has 0 aliphatic heterocycles. The molecular formula is C10H11Cl4NO2S. The highest BCUT2D eigenvalue weighted by atomic mass is 35.5. The lowest BCUT2D eigenvalue weighted by molar-refractivity contribution is 0.448. The Morgan fingerprint density at radius 3 is 2.00 bits per heavy atom. The molecule has 0 amide bonds. The normalized spacial score (nSPS) is 12.1. The Bertz CT molecular complexity index is 501. The molecule has 8 heteroatoms. The van der Waals surface area contributed by atoms with E-state index in [9.17, 15) is 8.42 Å². The van der Waals surface area contributed by atoms with Crippen LogP contribution in [0.25, 0.3) is 0 Å². The molecule has 18 heavy (non-hydrogen) atoms. The lowest BCUT2D eigenvalue weighted by atomic mass is 10.4. The van der Waals surface area contributed by atoms with Gasteiger partial charge in [0.15, 0.2) is 0 Å². The molecule has 0 heterocycles. The Kier molecular flexibility index (Phi) is 6.51. The topological polar surface area (TPSA) is 37.4 Å². The summed E-state index contributed by atoms with van der Waals surface area (Å²) in [5, 5.41) is 0.492. The molecule has 0 N–H and O–H groups in total. The fourth-order valence-electron chi connectivity index (χ4n) is 1.33. The maximum atomic E-state index is 12.3. The van der Waals surface area contributed by atoms with Crippen molar-refractivity contribution < 1.29 is 8.42 Å². The van der Waals surface area contributed by atoms with Crippen LogP contribution in [0.4, 0.5) is 0 Å². The van der Waals surface area contributed by atoms with Crippen LogP contribution in [0.5, 0.6) is 0 Å². The Balaban J connectivity index is 3.13. The standard InChI is InChI=1S/C10H11Cl4NO2S/c11-3-5-15(6-4-12)18(16,17)8-1-2-9(13)10(14)7-8/h1-2,7H,3-6H2. The van der Waals surface area contributed by atoms with Gasteiger partial charge in [-0.15, -0.1) is 23.2 Å². The quantitative estimate of drug-likeness (QED) is 0.737. The van der Waals surface area contributed by atoms with Gasteiger partial charge in [0.05, 0.1) is 14.9 Å². The molecule has 1 rings (SSSR count). The van der Waals surface area contributed by atoms with Gasteiger partial charge in [-0.25, -0.2) is 8.42 Å². The Morgan fingerprint density at radius 1 is 1.00 bits per heavy atom. The molecule has 1 aromatic carbocycles. The average Bonchev–Trinajstić information content (AvgIpc) is 2.32. The van der Waals surface area contributed by atoms with Crippen molar-refractivity contribution in [1.29, 1.82) is 0 Å². The number of hydrogen-bond donors (Lipinski definition) is 0. The van der Waals surface area contributed by atoms with Crippen molar-refractivity contribution in [3.63, 3.8) is 0 Å². The summed E-state index contributed by atoms with van der Waals surface area (Å²) in [6.45, 7) is 0.383. The highest BCUT2D eigenvalue weighted by Gasteiger charge is 2.24. The monoisotopic (exact) mass is 349 g/mol. The second-order valence-electron chi connectivity index (χ2n) is 3.36. The zero-order valence-corrected chi connectivity index (χ0v) is 13.1. The molecule has 0 aromatic heterocycles. The van der Waals surface area contributed by atoms with E-state index in [0.717, 1.165) is 0 Å². The van der Waals surface area contributed by atoms with Gasteiger partial charge in [-0.05, 0) is 18.2 Å². The van der Waals surface area contributed by atoms with Crippen molar-refractivity contribution in [2.45, 2.75) is 4.90 Å². The summed E-state index contributed by atoms with van der Waals surface area (Å²) < 4.78 is 25.8. The summed E-state index contributed by atoms with van der Waals surface area (Å²) in [6, 6.07) is 4.16. The van der Waals surface area contributed by atoms with Crippen LogP contribution in [-0.2, 0) is 10.0 Å². The minimum atomic E-state index is -3.64. The second kappa shape index (κ2) is 7.17. The van der Waals surface area contributed by atoms with Gasteiger partial charge in [-0.3, -0.25) is 0 Å². The van der Waals surface area contributed by atoms with E-state index >= 15 is 0 Å². The molecule has 0 radical (unpaired) electrons. The highest BCUT2D eigenvalue weighted by Crippen LogP contribution is 2.26. The first-order valence-electron chi connectivity index (χ1n) is 5.00. The fraction of sp³-hybridized carbons (Fsp3) is 0.400. The Labute approximate surface area is 127 Å². The van der Waals surface area contributed by atoms with Gasteiger partial charge in [0.25, 0.3) is 0 Å². The predicted molar refractivity (Wildman–Crippen MR) is 76.7 cm³/mol. The van der Waals surface area contributed by atoms with Gasteiger partial charge in [-0.1, -0.05) is 23.2 Å². The van der Waals surface area contributed by atoms with Crippen LogP contribution in [0.15, 0.2) is 23.1 Å². The Hall–Kier alpha value is 0.290. The summed E-state index contributed by atoms with van der Waals surface area (Å²) in [5.74, 6) is 0.384. The fourth-order valence-corrected chi connectivity index (χ4v) is 3.77. The van der Waals surface area contributed by atoms with Crippen LogP contribution in [0, 0.1) is 0 Å². The van der Waals surface area contributed by atoms with Gasteiger partial charge < -0.3 is 0 Å². The van der Waals surface area contributed by atoms with E-state index in [1.165, 1.54) is 22.5 Å². The van der Waals surface area contributed by atoms with Gasteiger partial charge >= 0.3 is 0 Å². The third kappa shape index (κ3) is 3.89. The summed E-state index contributed by atoms with van der Waals surface area (Å²) in [5.41, 5.74) is 0. The van der Waals surface area contributed by atoms with Gasteiger partial charge in [0.2, 0.25) is 10.0 Å². The van der Waals surface area contributed by atoms with E-state index in [1.54, 1.807) is 0 Å². The van der Waals surface area contributed by atoms with Crippen LogP contribution in [0.2, 0.25) is 10.0 Å². The first-order chi connectivity index (χ1) is 8.43. The van der Waals surface area contributed by atoms with E-state index in [2.05, 4.69) is 0 Å². The molecule has 0 unspecified atom stereocenters. The second-order valence-corrected chi connectivity index (χ2v) is 6.87. The number of nitrogens with zero attached hydrogens (tertiary/aromatic N) is 1. The average molecular weight is 351 g/mol. The SMILES string of the molecule is O=S(=O)(c1ccc(Cl)c(Cl)c1)N(CCCl)CCCl.